The molecule has 0 unspecified atom stereocenters. The smallest absolute Gasteiger partial charge is 0.0689 e. The van der Waals surface area contributed by atoms with Gasteiger partial charge in [0.15, 0.2) is 0 Å². The van der Waals surface area contributed by atoms with Gasteiger partial charge in [0.2, 0.25) is 0 Å². The number of nitrogens with zero attached hydrogens (tertiary/aromatic N) is 5. The molecule has 1 aliphatic rings. The summed E-state index contributed by atoms with van der Waals surface area (Å²) >= 11 is 0. The highest BCUT2D eigenvalue weighted by Gasteiger charge is 2.13. The minimum atomic E-state index is 0.984. The zero-order chi connectivity index (χ0) is 15.5. The van der Waals surface area contributed by atoms with Gasteiger partial charge in [0.05, 0.1) is 23.3 Å². The van der Waals surface area contributed by atoms with Gasteiger partial charge in [-0.05, 0) is 33.0 Å². The topological polar surface area (TPSA) is 36.7 Å². The van der Waals surface area contributed by atoms with Crippen LogP contribution in [0.15, 0.2) is 35.4 Å². The Kier molecular flexibility index (Phi) is 4.24. The van der Waals surface area contributed by atoms with Gasteiger partial charge < -0.3 is 4.90 Å². The minimum Gasteiger partial charge on any atom is -0.303 e. The monoisotopic (exact) mass is 297 g/mol. The summed E-state index contributed by atoms with van der Waals surface area (Å²) in [7, 11) is 2.15. The van der Waals surface area contributed by atoms with Gasteiger partial charge in [-0.2, -0.15) is 10.2 Å². The number of likely N-dealkylation sites (N-methyl/N-ethyl adjacent to an activating group) is 1. The van der Waals surface area contributed by atoms with Gasteiger partial charge >= 0.3 is 0 Å². The summed E-state index contributed by atoms with van der Waals surface area (Å²) in [4.78, 5) is 2.33. The number of rotatable bonds is 3. The van der Waals surface area contributed by atoms with E-state index in [1.807, 2.05) is 36.0 Å². The Labute approximate surface area is 131 Å². The van der Waals surface area contributed by atoms with E-state index in [-0.39, 0.29) is 0 Å². The van der Waals surface area contributed by atoms with Crippen LogP contribution in [-0.4, -0.2) is 59.1 Å². The minimum absolute atomic E-state index is 0.984. The zero-order valence-electron chi connectivity index (χ0n) is 13.5. The van der Waals surface area contributed by atoms with E-state index in [9.17, 15) is 0 Å². The molecule has 1 saturated heterocycles. The normalized spacial score (nSPS) is 16.6. The van der Waals surface area contributed by atoms with Crippen LogP contribution in [0.3, 0.4) is 0 Å². The predicted molar refractivity (Wildman–Crippen MR) is 89.7 cm³/mol. The SMILES string of the molecule is Cc1nn(-c2ccccc2)c(C)c1/C=N/N1CCN(C)CC1. The van der Waals surface area contributed by atoms with Gasteiger partial charge in [0.25, 0.3) is 0 Å². The molecule has 0 bridgehead atoms. The molecule has 0 aliphatic carbocycles. The molecule has 0 N–H and O–H groups in total. The first-order valence-electron chi connectivity index (χ1n) is 7.74. The molecule has 22 heavy (non-hydrogen) atoms. The third-order valence-corrected chi connectivity index (χ3v) is 4.18. The van der Waals surface area contributed by atoms with Crippen LogP contribution in [0.25, 0.3) is 5.69 Å². The van der Waals surface area contributed by atoms with Crippen molar-refractivity contribution in [2.24, 2.45) is 5.10 Å². The van der Waals surface area contributed by atoms with Crippen LogP contribution in [-0.2, 0) is 0 Å². The van der Waals surface area contributed by atoms with Crippen molar-refractivity contribution in [3.8, 4) is 5.69 Å². The summed E-state index contributed by atoms with van der Waals surface area (Å²) in [5.74, 6) is 0. The largest absolute Gasteiger partial charge is 0.303 e. The molecule has 0 amide bonds. The number of aryl methyl sites for hydroxylation is 1. The lowest BCUT2D eigenvalue weighted by atomic mass is 10.2. The van der Waals surface area contributed by atoms with Crippen molar-refractivity contribution < 1.29 is 0 Å². The van der Waals surface area contributed by atoms with Crippen molar-refractivity contribution in [2.45, 2.75) is 13.8 Å². The first-order chi connectivity index (χ1) is 10.6. The van der Waals surface area contributed by atoms with Crippen LogP contribution in [0.2, 0.25) is 0 Å². The number of hydrogen-bond donors (Lipinski definition) is 0. The summed E-state index contributed by atoms with van der Waals surface area (Å²) in [5, 5.41) is 11.4. The molecule has 2 heterocycles. The van der Waals surface area contributed by atoms with Crippen LogP contribution in [0, 0.1) is 13.8 Å². The summed E-state index contributed by atoms with van der Waals surface area (Å²) in [6.07, 6.45) is 1.96. The van der Waals surface area contributed by atoms with Crippen molar-refractivity contribution >= 4 is 6.21 Å². The van der Waals surface area contributed by atoms with Gasteiger partial charge in [-0.15, -0.1) is 0 Å². The highest BCUT2D eigenvalue weighted by molar-refractivity contribution is 5.82. The lowest BCUT2D eigenvalue weighted by molar-refractivity contribution is 0.159. The van der Waals surface area contributed by atoms with E-state index in [4.69, 9.17) is 0 Å². The Morgan fingerprint density at radius 2 is 1.73 bits per heavy atom. The molecule has 116 valence electrons. The van der Waals surface area contributed by atoms with E-state index >= 15 is 0 Å². The van der Waals surface area contributed by atoms with E-state index in [1.165, 1.54) is 0 Å². The van der Waals surface area contributed by atoms with Gasteiger partial charge in [-0.3, -0.25) is 5.01 Å². The molecule has 2 aromatic rings. The molecular weight excluding hydrogens is 274 g/mol. The molecule has 0 radical (unpaired) electrons. The number of piperazine rings is 1. The Hall–Kier alpha value is -2.14. The second-order valence-corrected chi connectivity index (χ2v) is 5.83. The first-order valence-corrected chi connectivity index (χ1v) is 7.74. The van der Waals surface area contributed by atoms with Crippen LogP contribution in [0.4, 0.5) is 0 Å². The molecule has 0 spiro atoms. The maximum atomic E-state index is 4.65. The fourth-order valence-corrected chi connectivity index (χ4v) is 2.71. The number of para-hydroxylation sites is 1. The maximum absolute atomic E-state index is 4.65. The third-order valence-electron chi connectivity index (χ3n) is 4.18. The highest BCUT2D eigenvalue weighted by atomic mass is 15.5. The van der Waals surface area contributed by atoms with Crippen LogP contribution in [0.1, 0.15) is 17.0 Å². The van der Waals surface area contributed by atoms with Crippen LogP contribution >= 0.6 is 0 Å². The molecule has 1 fully saturated rings. The molecular formula is C17H23N5. The molecule has 0 saturated carbocycles. The van der Waals surface area contributed by atoms with Gasteiger partial charge in [0.1, 0.15) is 0 Å². The summed E-state index contributed by atoms with van der Waals surface area (Å²) in [5.41, 5.74) is 4.34. The average Bonchev–Trinajstić information content (AvgIpc) is 2.82. The standard InChI is InChI=1S/C17H23N5/c1-14-17(13-18-21-11-9-20(3)10-12-21)15(2)22(19-14)16-7-5-4-6-8-16/h4-8,13H,9-12H2,1-3H3/b18-13+. The Morgan fingerprint density at radius 3 is 2.41 bits per heavy atom. The molecule has 1 aromatic carbocycles. The molecule has 0 atom stereocenters. The highest BCUT2D eigenvalue weighted by Crippen LogP contribution is 2.16. The molecule has 1 aromatic heterocycles. The Bertz CT molecular complexity index is 651. The van der Waals surface area contributed by atoms with E-state index in [2.05, 4.69) is 46.2 Å². The van der Waals surface area contributed by atoms with E-state index in [0.29, 0.717) is 0 Å². The van der Waals surface area contributed by atoms with Gasteiger partial charge in [-0.1, -0.05) is 18.2 Å². The molecule has 1 aliphatic heterocycles. The summed E-state index contributed by atoms with van der Waals surface area (Å²) < 4.78 is 1.99. The van der Waals surface area contributed by atoms with Crippen molar-refractivity contribution in [2.75, 3.05) is 33.2 Å². The Balaban J connectivity index is 1.81. The number of hydrazone groups is 1. The van der Waals surface area contributed by atoms with E-state index in [1.54, 1.807) is 0 Å². The van der Waals surface area contributed by atoms with Gasteiger partial charge in [-0.25, -0.2) is 4.68 Å². The van der Waals surface area contributed by atoms with Gasteiger partial charge in [0, 0.05) is 31.7 Å². The number of benzene rings is 1. The number of aromatic nitrogens is 2. The fourth-order valence-electron chi connectivity index (χ4n) is 2.71. The lowest BCUT2D eigenvalue weighted by Crippen LogP contribution is -2.41. The summed E-state index contributed by atoms with van der Waals surface area (Å²) in [6.45, 7) is 8.24. The maximum Gasteiger partial charge on any atom is 0.0689 e. The number of hydrogen-bond acceptors (Lipinski definition) is 4. The van der Waals surface area contributed by atoms with Crippen molar-refractivity contribution in [3.05, 3.63) is 47.3 Å². The van der Waals surface area contributed by atoms with Crippen LogP contribution in [0.5, 0.6) is 0 Å². The van der Waals surface area contributed by atoms with Crippen LogP contribution < -0.4 is 0 Å². The Morgan fingerprint density at radius 1 is 1.05 bits per heavy atom. The zero-order valence-corrected chi connectivity index (χ0v) is 13.5. The quantitative estimate of drug-likeness (QED) is 0.814. The van der Waals surface area contributed by atoms with Crippen molar-refractivity contribution in [1.29, 1.82) is 0 Å². The van der Waals surface area contributed by atoms with E-state index in [0.717, 1.165) is 48.8 Å². The second kappa shape index (κ2) is 6.32. The third kappa shape index (κ3) is 3.04. The molecule has 3 rings (SSSR count). The van der Waals surface area contributed by atoms with Crippen molar-refractivity contribution in [1.82, 2.24) is 19.7 Å². The van der Waals surface area contributed by atoms with Crippen molar-refractivity contribution in [3.63, 3.8) is 0 Å². The predicted octanol–water partition coefficient (Wildman–Crippen LogP) is 2.07. The summed E-state index contributed by atoms with van der Waals surface area (Å²) in [6, 6.07) is 10.2. The lowest BCUT2D eigenvalue weighted by Gasteiger charge is -2.30. The fraction of sp³-hybridized carbons (Fsp3) is 0.412. The average molecular weight is 297 g/mol. The second-order valence-electron chi connectivity index (χ2n) is 5.83. The van der Waals surface area contributed by atoms with E-state index < -0.39 is 0 Å². The first kappa shape index (κ1) is 14.8. The molecule has 5 heteroatoms. The molecule has 5 nitrogen and oxygen atoms in total.